The van der Waals surface area contributed by atoms with Crippen LogP contribution in [0.5, 0.6) is 0 Å². The van der Waals surface area contributed by atoms with Crippen molar-refractivity contribution in [3.05, 3.63) is 23.4 Å². The van der Waals surface area contributed by atoms with Crippen molar-refractivity contribution in [2.24, 2.45) is 5.92 Å². The lowest BCUT2D eigenvalue weighted by atomic mass is 9.97. The maximum atomic E-state index is 5.97. The number of methoxy groups -OCH3 is 1. The minimum atomic E-state index is 0.125. The van der Waals surface area contributed by atoms with Gasteiger partial charge in [-0.25, -0.2) is 4.98 Å². The Hall–Kier alpha value is -1.13. The molecule has 1 aliphatic carbocycles. The summed E-state index contributed by atoms with van der Waals surface area (Å²) in [5.74, 6) is 1.25. The average Bonchev–Trinajstić information content (AvgIpc) is 3.13. The SMILES string of the molecule is CNC(c1cc(C)cnc1N)C(OC)C1CC1. The van der Waals surface area contributed by atoms with Gasteiger partial charge in [-0.15, -0.1) is 0 Å². The van der Waals surface area contributed by atoms with Gasteiger partial charge in [0.05, 0.1) is 12.1 Å². The molecule has 94 valence electrons. The molecule has 0 radical (unpaired) electrons. The summed E-state index contributed by atoms with van der Waals surface area (Å²) in [7, 11) is 3.72. The van der Waals surface area contributed by atoms with Crippen molar-refractivity contribution >= 4 is 5.82 Å². The first-order chi connectivity index (χ1) is 8.17. The van der Waals surface area contributed by atoms with Gasteiger partial charge in [0.25, 0.3) is 0 Å². The molecule has 1 aliphatic rings. The number of nitrogen functional groups attached to an aromatic ring is 1. The molecule has 1 aromatic heterocycles. The van der Waals surface area contributed by atoms with Gasteiger partial charge in [0.1, 0.15) is 5.82 Å². The molecule has 0 aromatic carbocycles. The van der Waals surface area contributed by atoms with Crippen molar-refractivity contribution in [2.75, 3.05) is 19.9 Å². The Morgan fingerprint density at radius 1 is 1.53 bits per heavy atom. The highest BCUT2D eigenvalue weighted by atomic mass is 16.5. The summed E-state index contributed by atoms with van der Waals surface area (Å²) >= 11 is 0. The summed E-state index contributed by atoms with van der Waals surface area (Å²) in [4.78, 5) is 4.23. The minimum Gasteiger partial charge on any atom is -0.383 e. The Kier molecular flexibility index (Phi) is 3.64. The van der Waals surface area contributed by atoms with E-state index in [4.69, 9.17) is 10.5 Å². The first kappa shape index (κ1) is 12.3. The topological polar surface area (TPSA) is 60.2 Å². The number of anilines is 1. The number of aryl methyl sites for hydroxylation is 1. The number of pyridine rings is 1. The number of aromatic nitrogens is 1. The Morgan fingerprint density at radius 2 is 2.24 bits per heavy atom. The van der Waals surface area contributed by atoms with Crippen LogP contribution in [0.4, 0.5) is 5.82 Å². The van der Waals surface area contributed by atoms with Gasteiger partial charge < -0.3 is 15.8 Å². The van der Waals surface area contributed by atoms with Crippen LogP contribution >= 0.6 is 0 Å². The molecule has 17 heavy (non-hydrogen) atoms. The standard InChI is InChI=1S/C13H21N3O/c1-8-6-10(13(14)16-7-8)11(15-2)12(17-3)9-4-5-9/h6-7,9,11-12,15H,4-5H2,1-3H3,(H2,14,16). The monoisotopic (exact) mass is 235 g/mol. The molecule has 2 unspecified atom stereocenters. The zero-order valence-electron chi connectivity index (χ0n) is 10.7. The summed E-state index contributed by atoms with van der Waals surface area (Å²) < 4.78 is 5.63. The molecule has 0 amide bonds. The van der Waals surface area contributed by atoms with E-state index < -0.39 is 0 Å². The van der Waals surface area contributed by atoms with Gasteiger partial charge >= 0.3 is 0 Å². The van der Waals surface area contributed by atoms with Crippen molar-refractivity contribution in [3.8, 4) is 0 Å². The summed E-state index contributed by atoms with van der Waals surface area (Å²) in [5.41, 5.74) is 8.14. The van der Waals surface area contributed by atoms with E-state index in [1.165, 1.54) is 12.8 Å². The molecule has 2 atom stereocenters. The number of likely N-dealkylation sites (N-methyl/N-ethyl adjacent to an activating group) is 1. The summed E-state index contributed by atoms with van der Waals surface area (Å²) in [6, 6.07) is 2.22. The molecule has 1 aromatic rings. The molecule has 4 heteroatoms. The third-order valence-corrected chi connectivity index (χ3v) is 3.42. The van der Waals surface area contributed by atoms with Crippen LogP contribution in [-0.2, 0) is 4.74 Å². The lowest BCUT2D eigenvalue weighted by Gasteiger charge is -2.27. The second kappa shape index (κ2) is 5.02. The quantitative estimate of drug-likeness (QED) is 0.815. The van der Waals surface area contributed by atoms with Crippen LogP contribution in [0, 0.1) is 12.8 Å². The first-order valence-electron chi connectivity index (χ1n) is 6.09. The Morgan fingerprint density at radius 3 is 2.76 bits per heavy atom. The van der Waals surface area contributed by atoms with Crippen LogP contribution in [0.25, 0.3) is 0 Å². The Balaban J connectivity index is 2.29. The molecule has 0 spiro atoms. The fourth-order valence-electron chi connectivity index (χ4n) is 2.37. The molecular weight excluding hydrogens is 214 g/mol. The van der Waals surface area contributed by atoms with Crippen molar-refractivity contribution in [3.63, 3.8) is 0 Å². The van der Waals surface area contributed by atoms with Crippen molar-refractivity contribution in [2.45, 2.75) is 31.9 Å². The number of nitrogens with one attached hydrogen (secondary N) is 1. The fourth-order valence-corrected chi connectivity index (χ4v) is 2.37. The van der Waals surface area contributed by atoms with E-state index in [9.17, 15) is 0 Å². The normalized spacial score (nSPS) is 19.0. The molecular formula is C13H21N3O. The maximum Gasteiger partial charge on any atom is 0.128 e. The second-order valence-electron chi connectivity index (χ2n) is 4.79. The van der Waals surface area contributed by atoms with E-state index in [0.717, 1.165) is 11.1 Å². The zero-order chi connectivity index (χ0) is 12.4. The van der Waals surface area contributed by atoms with Crippen LogP contribution in [-0.4, -0.2) is 25.2 Å². The third-order valence-electron chi connectivity index (χ3n) is 3.42. The van der Waals surface area contributed by atoms with Crippen molar-refractivity contribution < 1.29 is 4.74 Å². The molecule has 0 aliphatic heterocycles. The summed E-state index contributed by atoms with van der Waals surface area (Å²) in [6.07, 6.45) is 4.47. The summed E-state index contributed by atoms with van der Waals surface area (Å²) in [5, 5.41) is 3.31. The average molecular weight is 235 g/mol. The molecule has 1 saturated carbocycles. The fraction of sp³-hybridized carbons (Fsp3) is 0.615. The van der Waals surface area contributed by atoms with Crippen LogP contribution in [0.1, 0.15) is 30.0 Å². The predicted molar refractivity (Wildman–Crippen MR) is 68.7 cm³/mol. The summed E-state index contributed by atoms with van der Waals surface area (Å²) in [6.45, 7) is 2.03. The van der Waals surface area contributed by atoms with Gasteiger partial charge in [-0.3, -0.25) is 0 Å². The van der Waals surface area contributed by atoms with Gasteiger partial charge in [0.15, 0.2) is 0 Å². The number of nitrogens with zero attached hydrogens (tertiary/aromatic N) is 1. The van der Waals surface area contributed by atoms with Gasteiger partial charge in [0.2, 0.25) is 0 Å². The smallest absolute Gasteiger partial charge is 0.128 e. The highest BCUT2D eigenvalue weighted by molar-refractivity contribution is 5.43. The van der Waals surface area contributed by atoms with E-state index in [1.54, 1.807) is 13.3 Å². The Labute approximate surface area is 103 Å². The first-order valence-corrected chi connectivity index (χ1v) is 6.09. The number of ether oxygens (including phenoxy) is 1. The van der Waals surface area contributed by atoms with E-state index in [1.807, 2.05) is 14.0 Å². The van der Waals surface area contributed by atoms with Gasteiger partial charge in [-0.2, -0.15) is 0 Å². The number of nitrogens with two attached hydrogens (primary N) is 1. The highest BCUT2D eigenvalue weighted by Gasteiger charge is 2.37. The highest BCUT2D eigenvalue weighted by Crippen LogP contribution is 2.40. The van der Waals surface area contributed by atoms with Crippen molar-refractivity contribution in [1.82, 2.24) is 10.3 Å². The van der Waals surface area contributed by atoms with Crippen LogP contribution in [0.15, 0.2) is 12.3 Å². The van der Waals surface area contributed by atoms with Gasteiger partial charge in [-0.05, 0) is 44.4 Å². The number of rotatable bonds is 5. The third kappa shape index (κ3) is 2.58. The minimum absolute atomic E-state index is 0.125. The van der Waals surface area contributed by atoms with E-state index >= 15 is 0 Å². The van der Waals surface area contributed by atoms with E-state index in [-0.39, 0.29) is 12.1 Å². The maximum absolute atomic E-state index is 5.97. The molecule has 3 N–H and O–H groups in total. The largest absolute Gasteiger partial charge is 0.383 e. The molecule has 1 heterocycles. The second-order valence-corrected chi connectivity index (χ2v) is 4.79. The Bertz CT molecular complexity index is 390. The predicted octanol–water partition coefficient (Wildman–Crippen LogP) is 1.66. The number of hydrogen-bond donors (Lipinski definition) is 2. The van der Waals surface area contributed by atoms with Crippen LogP contribution in [0.2, 0.25) is 0 Å². The number of hydrogen-bond acceptors (Lipinski definition) is 4. The molecule has 1 fully saturated rings. The molecule has 4 nitrogen and oxygen atoms in total. The van der Waals surface area contributed by atoms with E-state index in [0.29, 0.717) is 11.7 Å². The van der Waals surface area contributed by atoms with E-state index in [2.05, 4.69) is 16.4 Å². The lowest BCUT2D eigenvalue weighted by molar-refractivity contribution is 0.0531. The van der Waals surface area contributed by atoms with Gasteiger partial charge in [0, 0.05) is 18.9 Å². The molecule has 2 rings (SSSR count). The van der Waals surface area contributed by atoms with Crippen molar-refractivity contribution in [1.29, 1.82) is 0 Å². The zero-order valence-corrected chi connectivity index (χ0v) is 10.7. The lowest BCUT2D eigenvalue weighted by Crippen LogP contribution is -2.33. The molecule has 0 bridgehead atoms. The molecule has 0 saturated heterocycles. The van der Waals surface area contributed by atoms with Gasteiger partial charge in [-0.1, -0.05) is 0 Å². The van der Waals surface area contributed by atoms with Crippen LogP contribution in [0.3, 0.4) is 0 Å². The van der Waals surface area contributed by atoms with Crippen LogP contribution < -0.4 is 11.1 Å².